The summed E-state index contributed by atoms with van der Waals surface area (Å²) in [5.41, 5.74) is 2.45. The van der Waals surface area contributed by atoms with Gasteiger partial charge in [-0.2, -0.15) is 0 Å². The third kappa shape index (κ3) is 2.88. The number of nitrogens with zero attached hydrogens (tertiary/aromatic N) is 1. The van der Waals surface area contributed by atoms with Crippen LogP contribution in [0.1, 0.15) is 21.5 Å². The summed E-state index contributed by atoms with van der Waals surface area (Å²) in [5.74, 6) is -0.319. The Balaban J connectivity index is 1.74. The number of hydrogen-bond acceptors (Lipinski definition) is 4. The highest BCUT2D eigenvalue weighted by atomic mass is 16.6. The van der Waals surface area contributed by atoms with Crippen LogP contribution in [0.25, 0.3) is 6.08 Å². The summed E-state index contributed by atoms with van der Waals surface area (Å²) in [7, 11) is 0. The van der Waals surface area contributed by atoms with E-state index in [1.54, 1.807) is 30.4 Å². The molecule has 0 amide bonds. The maximum absolute atomic E-state index is 11.9. The fourth-order valence-electron chi connectivity index (χ4n) is 2.39. The summed E-state index contributed by atoms with van der Waals surface area (Å²) in [5, 5.41) is 10.6. The van der Waals surface area contributed by atoms with Crippen LogP contribution in [0.5, 0.6) is 0 Å². The Labute approximate surface area is 127 Å². The monoisotopic (exact) mass is 295 g/mol. The summed E-state index contributed by atoms with van der Waals surface area (Å²) < 4.78 is 5.36. The summed E-state index contributed by atoms with van der Waals surface area (Å²) in [4.78, 5) is 22.1. The highest BCUT2D eigenvalue weighted by Gasteiger charge is 2.23. The highest BCUT2D eigenvalue weighted by Crippen LogP contribution is 2.22. The zero-order valence-corrected chi connectivity index (χ0v) is 11.6. The van der Waals surface area contributed by atoms with Gasteiger partial charge in [0.1, 0.15) is 6.10 Å². The van der Waals surface area contributed by atoms with Crippen LogP contribution in [0, 0.1) is 10.1 Å². The first-order valence-corrected chi connectivity index (χ1v) is 6.85. The van der Waals surface area contributed by atoms with Crippen LogP contribution in [-0.2, 0) is 11.2 Å². The molecule has 1 heterocycles. The van der Waals surface area contributed by atoms with Gasteiger partial charge < -0.3 is 4.74 Å². The molecule has 0 saturated heterocycles. The van der Waals surface area contributed by atoms with Gasteiger partial charge in [-0.1, -0.05) is 24.3 Å². The largest absolute Gasteiger partial charge is 0.454 e. The van der Waals surface area contributed by atoms with Gasteiger partial charge in [0.15, 0.2) is 0 Å². The van der Waals surface area contributed by atoms with Gasteiger partial charge in [0.2, 0.25) is 0 Å². The van der Waals surface area contributed by atoms with Crippen molar-refractivity contribution in [3.05, 3.63) is 81.4 Å². The van der Waals surface area contributed by atoms with E-state index >= 15 is 0 Å². The van der Waals surface area contributed by atoms with Crippen molar-refractivity contribution in [3.63, 3.8) is 0 Å². The quantitative estimate of drug-likeness (QED) is 0.494. The standard InChI is InChI=1S/C17H13NO4/c19-17-16-4-2-1-3-13(16)11-15(22-17)10-7-12-5-8-14(9-6-12)18(20)21/h1-10,15H,11H2/b10-7+. The average Bonchev–Trinajstić information content (AvgIpc) is 2.53. The lowest BCUT2D eigenvalue weighted by Crippen LogP contribution is -2.25. The molecule has 0 aromatic heterocycles. The Morgan fingerprint density at radius 3 is 2.59 bits per heavy atom. The van der Waals surface area contributed by atoms with Gasteiger partial charge in [-0.15, -0.1) is 0 Å². The molecule has 1 aliphatic heterocycles. The zero-order valence-electron chi connectivity index (χ0n) is 11.6. The van der Waals surface area contributed by atoms with Crippen molar-refractivity contribution in [2.45, 2.75) is 12.5 Å². The molecule has 22 heavy (non-hydrogen) atoms. The molecular weight excluding hydrogens is 282 g/mol. The smallest absolute Gasteiger partial charge is 0.339 e. The minimum absolute atomic E-state index is 0.0511. The Hall–Kier alpha value is -2.95. The van der Waals surface area contributed by atoms with Crippen LogP contribution in [0.3, 0.4) is 0 Å². The number of hydrogen-bond donors (Lipinski definition) is 0. The Bertz CT molecular complexity index is 750. The van der Waals surface area contributed by atoms with E-state index in [2.05, 4.69) is 0 Å². The molecule has 2 aromatic carbocycles. The fourth-order valence-corrected chi connectivity index (χ4v) is 2.39. The first-order chi connectivity index (χ1) is 10.6. The molecule has 0 radical (unpaired) electrons. The predicted molar refractivity (Wildman–Crippen MR) is 81.5 cm³/mol. The number of carbonyl (C=O) groups is 1. The molecule has 5 nitrogen and oxygen atoms in total. The number of esters is 1. The molecule has 1 aliphatic rings. The molecule has 1 atom stereocenters. The van der Waals surface area contributed by atoms with Gasteiger partial charge in [-0.3, -0.25) is 10.1 Å². The van der Waals surface area contributed by atoms with Crippen molar-refractivity contribution in [1.29, 1.82) is 0 Å². The lowest BCUT2D eigenvalue weighted by molar-refractivity contribution is -0.384. The highest BCUT2D eigenvalue weighted by molar-refractivity contribution is 5.92. The Morgan fingerprint density at radius 1 is 1.14 bits per heavy atom. The maximum Gasteiger partial charge on any atom is 0.339 e. The van der Waals surface area contributed by atoms with Crippen LogP contribution < -0.4 is 0 Å². The topological polar surface area (TPSA) is 69.4 Å². The minimum Gasteiger partial charge on any atom is -0.454 e. The number of nitro groups is 1. The SMILES string of the molecule is O=C1OC(/C=C/c2ccc([N+](=O)[O-])cc2)Cc2ccccc21. The van der Waals surface area contributed by atoms with E-state index in [1.165, 1.54) is 12.1 Å². The molecule has 0 saturated carbocycles. The van der Waals surface area contributed by atoms with E-state index < -0.39 is 4.92 Å². The van der Waals surface area contributed by atoms with Gasteiger partial charge in [0.05, 0.1) is 10.5 Å². The van der Waals surface area contributed by atoms with Gasteiger partial charge in [-0.05, 0) is 35.4 Å². The van der Waals surface area contributed by atoms with Crippen molar-refractivity contribution in [2.75, 3.05) is 0 Å². The third-order valence-electron chi connectivity index (χ3n) is 3.52. The van der Waals surface area contributed by atoms with Gasteiger partial charge >= 0.3 is 5.97 Å². The predicted octanol–water partition coefficient (Wildman–Crippen LogP) is 3.39. The van der Waals surface area contributed by atoms with Crippen LogP contribution in [-0.4, -0.2) is 17.0 Å². The van der Waals surface area contributed by atoms with E-state index in [0.29, 0.717) is 12.0 Å². The van der Waals surface area contributed by atoms with E-state index in [1.807, 2.05) is 18.2 Å². The second kappa shape index (κ2) is 5.81. The van der Waals surface area contributed by atoms with Crippen LogP contribution in [0.4, 0.5) is 5.69 Å². The molecule has 1 unspecified atom stereocenters. The van der Waals surface area contributed by atoms with Crippen LogP contribution in [0.15, 0.2) is 54.6 Å². The molecular formula is C17H13NO4. The first kappa shape index (κ1) is 14.0. The third-order valence-corrected chi connectivity index (χ3v) is 3.52. The second-order valence-electron chi connectivity index (χ2n) is 5.01. The average molecular weight is 295 g/mol. The van der Waals surface area contributed by atoms with Gasteiger partial charge in [-0.25, -0.2) is 4.79 Å². The van der Waals surface area contributed by atoms with Crippen molar-refractivity contribution in [3.8, 4) is 0 Å². The number of rotatable bonds is 3. The van der Waals surface area contributed by atoms with Crippen LogP contribution >= 0.6 is 0 Å². The normalized spacial score (nSPS) is 17.1. The molecule has 0 fully saturated rings. The summed E-state index contributed by atoms with van der Waals surface area (Å²) in [6.45, 7) is 0. The number of fused-ring (bicyclic) bond motifs is 1. The Morgan fingerprint density at radius 2 is 1.86 bits per heavy atom. The second-order valence-corrected chi connectivity index (χ2v) is 5.01. The van der Waals surface area contributed by atoms with Gasteiger partial charge in [0.25, 0.3) is 5.69 Å². The lowest BCUT2D eigenvalue weighted by atomic mass is 9.98. The van der Waals surface area contributed by atoms with Crippen molar-refractivity contribution in [2.24, 2.45) is 0 Å². The molecule has 0 spiro atoms. The van der Waals surface area contributed by atoms with Crippen molar-refractivity contribution < 1.29 is 14.5 Å². The number of non-ortho nitro benzene ring substituents is 1. The number of benzene rings is 2. The zero-order chi connectivity index (χ0) is 15.5. The molecule has 5 heteroatoms. The van der Waals surface area contributed by atoms with E-state index in [4.69, 9.17) is 4.74 Å². The lowest BCUT2D eigenvalue weighted by Gasteiger charge is -2.22. The van der Waals surface area contributed by atoms with E-state index in [0.717, 1.165) is 11.1 Å². The molecule has 0 bridgehead atoms. The number of cyclic esters (lactones) is 1. The first-order valence-electron chi connectivity index (χ1n) is 6.85. The summed E-state index contributed by atoms with van der Waals surface area (Å²) in [6.07, 6.45) is 3.91. The van der Waals surface area contributed by atoms with E-state index in [9.17, 15) is 14.9 Å². The minimum atomic E-state index is -0.437. The molecule has 3 rings (SSSR count). The summed E-state index contributed by atoms with van der Waals surface area (Å²) in [6, 6.07) is 13.6. The van der Waals surface area contributed by atoms with Crippen LogP contribution in [0.2, 0.25) is 0 Å². The van der Waals surface area contributed by atoms with Crippen molar-refractivity contribution >= 4 is 17.7 Å². The molecule has 0 N–H and O–H groups in total. The number of nitro benzene ring substituents is 1. The number of carbonyl (C=O) groups excluding carboxylic acids is 1. The molecule has 0 aliphatic carbocycles. The molecule has 2 aromatic rings. The summed E-state index contributed by atoms with van der Waals surface area (Å²) >= 11 is 0. The molecule has 110 valence electrons. The number of ether oxygens (including phenoxy) is 1. The maximum atomic E-state index is 11.9. The Kier molecular flexibility index (Phi) is 3.70. The van der Waals surface area contributed by atoms with E-state index in [-0.39, 0.29) is 17.8 Å². The van der Waals surface area contributed by atoms with Gasteiger partial charge in [0, 0.05) is 18.6 Å². The fraction of sp³-hybridized carbons (Fsp3) is 0.118. The van der Waals surface area contributed by atoms with Crippen molar-refractivity contribution in [1.82, 2.24) is 0 Å².